The van der Waals surface area contributed by atoms with Crippen molar-refractivity contribution in [3.63, 3.8) is 0 Å². The number of rotatable bonds is 2. The van der Waals surface area contributed by atoms with Gasteiger partial charge in [0.15, 0.2) is 0 Å². The molecule has 13 heavy (non-hydrogen) atoms. The van der Waals surface area contributed by atoms with E-state index in [4.69, 9.17) is 4.74 Å². The largest absolute Gasteiger partial charge is 0.445 e. The molecule has 1 heterocycles. The molecular weight excluding hydrogens is 170 g/mol. The zero-order valence-corrected chi connectivity index (χ0v) is 7.49. The quantitative estimate of drug-likeness (QED) is 0.606. The predicted molar refractivity (Wildman–Crippen MR) is 47.1 cm³/mol. The van der Waals surface area contributed by atoms with Crippen molar-refractivity contribution < 1.29 is 14.3 Å². The smallest absolute Gasteiger partial charge is 0.416 e. The maximum absolute atomic E-state index is 11.2. The van der Waals surface area contributed by atoms with Gasteiger partial charge in [-0.05, 0) is 12.8 Å². The highest BCUT2D eigenvalue weighted by atomic mass is 16.6. The van der Waals surface area contributed by atoms with E-state index in [0.717, 1.165) is 17.7 Å². The number of amides is 2. The van der Waals surface area contributed by atoms with Crippen molar-refractivity contribution in [1.82, 2.24) is 4.90 Å². The fourth-order valence-electron chi connectivity index (χ4n) is 1.21. The molecule has 4 nitrogen and oxygen atoms in total. The average molecular weight is 183 g/mol. The molecule has 1 rings (SSSR count). The number of hydrogen-bond donors (Lipinski definition) is 0. The molecule has 0 aliphatic carbocycles. The lowest BCUT2D eigenvalue weighted by Gasteiger charge is -2.23. The number of likely N-dealkylation sites (tertiary alicyclic amines) is 1. The third-order valence-electron chi connectivity index (χ3n) is 1.87. The Morgan fingerprint density at radius 1 is 1.62 bits per heavy atom. The van der Waals surface area contributed by atoms with E-state index in [0.29, 0.717) is 13.0 Å². The van der Waals surface area contributed by atoms with Crippen molar-refractivity contribution in [2.45, 2.75) is 19.3 Å². The number of carbonyl (C=O) groups is 2. The van der Waals surface area contributed by atoms with Crippen LogP contribution < -0.4 is 0 Å². The Hall–Kier alpha value is -1.32. The van der Waals surface area contributed by atoms with Gasteiger partial charge in [0, 0.05) is 13.0 Å². The molecule has 0 N–H and O–H groups in total. The Morgan fingerprint density at radius 3 is 3.00 bits per heavy atom. The molecule has 4 heteroatoms. The zero-order chi connectivity index (χ0) is 9.68. The van der Waals surface area contributed by atoms with Crippen LogP contribution in [0, 0.1) is 0 Å². The minimum Gasteiger partial charge on any atom is -0.445 e. The molecule has 2 amide bonds. The second-order valence-electron chi connectivity index (χ2n) is 2.87. The van der Waals surface area contributed by atoms with Gasteiger partial charge < -0.3 is 4.74 Å². The van der Waals surface area contributed by atoms with E-state index in [-0.39, 0.29) is 12.5 Å². The van der Waals surface area contributed by atoms with Crippen molar-refractivity contribution in [3.05, 3.63) is 12.7 Å². The molecule has 0 aromatic carbocycles. The first-order valence-electron chi connectivity index (χ1n) is 4.33. The molecule has 0 atom stereocenters. The predicted octanol–water partition coefficient (Wildman–Crippen LogP) is 1.32. The highest BCUT2D eigenvalue weighted by Gasteiger charge is 2.24. The molecule has 1 aliphatic rings. The SMILES string of the molecule is C=CCOC(=O)N1CCCCC1=O. The van der Waals surface area contributed by atoms with Crippen LogP contribution in [0.1, 0.15) is 19.3 Å². The summed E-state index contributed by atoms with van der Waals surface area (Å²) in [6, 6.07) is 0. The van der Waals surface area contributed by atoms with E-state index >= 15 is 0 Å². The first kappa shape index (κ1) is 9.77. The number of hydrogen-bond acceptors (Lipinski definition) is 3. The number of imide groups is 1. The van der Waals surface area contributed by atoms with Crippen LogP contribution in [-0.2, 0) is 9.53 Å². The average Bonchev–Trinajstić information content (AvgIpc) is 2.15. The third-order valence-corrected chi connectivity index (χ3v) is 1.87. The summed E-state index contributed by atoms with van der Waals surface area (Å²) < 4.78 is 4.75. The summed E-state index contributed by atoms with van der Waals surface area (Å²) in [5, 5.41) is 0. The topological polar surface area (TPSA) is 46.6 Å². The van der Waals surface area contributed by atoms with Gasteiger partial charge in [-0.25, -0.2) is 9.69 Å². The summed E-state index contributed by atoms with van der Waals surface area (Å²) in [5.41, 5.74) is 0. The molecule has 1 aliphatic heterocycles. The van der Waals surface area contributed by atoms with E-state index in [2.05, 4.69) is 6.58 Å². The number of piperidine rings is 1. The van der Waals surface area contributed by atoms with Gasteiger partial charge >= 0.3 is 6.09 Å². The van der Waals surface area contributed by atoms with Gasteiger partial charge in [-0.1, -0.05) is 12.7 Å². The van der Waals surface area contributed by atoms with E-state index < -0.39 is 6.09 Å². The summed E-state index contributed by atoms with van der Waals surface area (Å²) in [6.45, 7) is 4.05. The lowest BCUT2D eigenvalue weighted by atomic mass is 10.1. The Balaban J connectivity index is 2.43. The summed E-state index contributed by atoms with van der Waals surface area (Å²) in [7, 11) is 0. The molecule has 0 aromatic heterocycles. The molecule has 1 saturated heterocycles. The lowest BCUT2D eigenvalue weighted by Crippen LogP contribution is -2.40. The van der Waals surface area contributed by atoms with E-state index in [1.807, 2.05) is 0 Å². The Bertz CT molecular complexity index is 225. The van der Waals surface area contributed by atoms with Crippen LogP contribution in [0.5, 0.6) is 0 Å². The molecule has 0 bridgehead atoms. The monoisotopic (exact) mass is 183 g/mol. The fraction of sp³-hybridized carbons (Fsp3) is 0.556. The Morgan fingerprint density at radius 2 is 2.38 bits per heavy atom. The molecular formula is C9H13NO3. The maximum Gasteiger partial charge on any atom is 0.416 e. The van der Waals surface area contributed by atoms with Crippen molar-refractivity contribution in [2.75, 3.05) is 13.2 Å². The van der Waals surface area contributed by atoms with Crippen molar-refractivity contribution >= 4 is 12.0 Å². The molecule has 0 unspecified atom stereocenters. The van der Waals surface area contributed by atoms with Crippen molar-refractivity contribution in [1.29, 1.82) is 0 Å². The number of ether oxygens (including phenoxy) is 1. The standard InChI is InChI=1S/C9H13NO3/c1-2-7-13-9(12)10-6-4-3-5-8(10)11/h2H,1,3-7H2. The fourth-order valence-corrected chi connectivity index (χ4v) is 1.21. The van der Waals surface area contributed by atoms with Crippen LogP contribution in [0.25, 0.3) is 0 Å². The highest BCUT2D eigenvalue weighted by molar-refractivity contribution is 5.92. The minimum atomic E-state index is -0.551. The van der Waals surface area contributed by atoms with Crippen LogP contribution in [0.2, 0.25) is 0 Å². The van der Waals surface area contributed by atoms with Crippen LogP contribution in [0.15, 0.2) is 12.7 Å². The van der Waals surface area contributed by atoms with Crippen LogP contribution in [0.4, 0.5) is 4.79 Å². The summed E-state index contributed by atoms with van der Waals surface area (Å²) in [4.78, 5) is 23.6. The van der Waals surface area contributed by atoms with Gasteiger partial charge in [-0.3, -0.25) is 4.79 Å². The van der Waals surface area contributed by atoms with Gasteiger partial charge in [0.05, 0.1) is 0 Å². The molecule has 1 fully saturated rings. The van der Waals surface area contributed by atoms with Gasteiger partial charge in [0.25, 0.3) is 0 Å². The summed E-state index contributed by atoms with van der Waals surface area (Å²) >= 11 is 0. The molecule has 0 radical (unpaired) electrons. The molecule has 0 spiro atoms. The maximum atomic E-state index is 11.2. The third kappa shape index (κ3) is 2.57. The van der Waals surface area contributed by atoms with Gasteiger partial charge in [0.2, 0.25) is 5.91 Å². The summed E-state index contributed by atoms with van der Waals surface area (Å²) in [6.07, 6.45) is 3.11. The van der Waals surface area contributed by atoms with Gasteiger partial charge in [-0.2, -0.15) is 0 Å². The normalized spacial score (nSPS) is 16.9. The van der Waals surface area contributed by atoms with Crippen molar-refractivity contribution in [2.24, 2.45) is 0 Å². The molecule has 72 valence electrons. The van der Waals surface area contributed by atoms with Gasteiger partial charge in [0.1, 0.15) is 6.61 Å². The first-order chi connectivity index (χ1) is 6.25. The van der Waals surface area contributed by atoms with Crippen molar-refractivity contribution in [3.8, 4) is 0 Å². The Kier molecular flexibility index (Phi) is 3.49. The van der Waals surface area contributed by atoms with E-state index in [9.17, 15) is 9.59 Å². The van der Waals surface area contributed by atoms with E-state index in [1.54, 1.807) is 0 Å². The van der Waals surface area contributed by atoms with E-state index in [1.165, 1.54) is 6.08 Å². The molecule has 0 saturated carbocycles. The minimum absolute atomic E-state index is 0.139. The van der Waals surface area contributed by atoms with Crippen LogP contribution >= 0.6 is 0 Å². The highest BCUT2D eigenvalue weighted by Crippen LogP contribution is 2.11. The summed E-state index contributed by atoms with van der Waals surface area (Å²) in [5.74, 6) is -0.139. The Labute approximate surface area is 77.2 Å². The molecule has 0 aromatic rings. The lowest BCUT2D eigenvalue weighted by molar-refractivity contribution is -0.131. The second-order valence-corrected chi connectivity index (χ2v) is 2.87. The number of nitrogens with zero attached hydrogens (tertiary/aromatic N) is 1. The number of carbonyl (C=O) groups excluding carboxylic acids is 2. The second kappa shape index (κ2) is 4.64. The first-order valence-corrected chi connectivity index (χ1v) is 4.33. The zero-order valence-electron chi connectivity index (χ0n) is 7.49. The van der Waals surface area contributed by atoms with Crippen LogP contribution in [0.3, 0.4) is 0 Å². The van der Waals surface area contributed by atoms with Crippen LogP contribution in [-0.4, -0.2) is 30.1 Å². The van der Waals surface area contributed by atoms with Gasteiger partial charge in [-0.15, -0.1) is 0 Å².